The molecule has 0 fully saturated rings. The first-order valence-corrected chi connectivity index (χ1v) is 5.65. The number of nitrogens with one attached hydrogen (secondary N) is 1. The Kier molecular flexibility index (Phi) is 7.54. The average molecular weight is 230 g/mol. The van der Waals surface area contributed by atoms with Crippen molar-refractivity contribution in [1.29, 1.82) is 0 Å². The number of amides is 1. The van der Waals surface area contributed by atoms with Crippen LogP contribution in [0.4, 0.5) is 0 Å². The molecule has 0 rings (SSSR count). The van der Waals surface area contributed by atoms with Crippen LogP contribution < -0.4 is 11.1 Å². The van der Waals surface area contributed by atoms with Crippen LogP contribution in [0.3, 0.4) is 0 Å². The Bertz CT molecular complexity index is 229. The van der Waals surface area contributed by atoms with Crippen LogP contribution in [0.5, 0.6) is 0 Å². The molecule has 0 aliphatic carbocycles. The second-order valence-corrected chi connectivity index (χ2v) is 4.02. The summed E-state index contributed by atoms with van der Waals surface area (Å²) >= 11 is 0. The van der Waals surface area contributed by atoms with Gasteiger partial charge in [-0.2, -0.15) is 0 Å². The fraction of sp³-hybridized carbons (Fsp3) is 0.818. The second-order valence-electron chi connectivity index (χ2n) is 4.02. The van der Waals surface area contributed by atoms with Gasteiger partial charge in [0, 0.05) is 6.92 Å². The van der Waals surface area contributed by atoms with Gasteiger partial charge >= 0.3 is 5.97 Å². The molecule has 0 spiro atoms. The quantitative estimate of drug-likeness (QED) is 0.495. The van der Waals surface area contributed by atoms with Gasteiger partial charge in [-0.3, -0.25) is 4.79 Å². The summed E-state index contributed by atoms with van der Waals surface area (Å²) in [7, 11) is 0. The van der Waals surface area contributed by atoms with Crippen LogP contribution >= 0.6 is 0 Å². The normalized spacial score (nSPS) is 12.3. The number of carbonyl (C=O) groups is 2. The zero-order valence-corrected chi connectivity index (χ0v) is 10.3. The molecule has 0 unspecified atom stereocenters. The van der Waals surface area contributed by atoms with E-state index in [0.29, 0.717) is 13.0 Å². The molecule has 0 heterocycles. The Morgan fingerprint density at radius 2 is 1.94 bits per heavy atom. The Labute approximate surface area is 96.7 Å². The van der Waals surface area contributed by atoms with Crippen molar-refractivity contribution >= 4 is 11.9 Å². The molecule has 0 aliphatic rings. The maximum Gasteiger partial charge on any atom is 0.328 e. The summed E-state index contributed by atoms with van der Waals surface area (Å²) in [6.45, 7) is 5.54. The molecular formula is C11H22N2O3. The minimum Gasteiger partial charge on any atom is -0.461 e. The summed E-state index contributed by atoms with van der Waals surface area (Å²) in [6, 6.07) is -0.550. The molecular weight excluding hydrogens is 208 g/mol. The lowest BCUT2D eigenvalue weighted by atomic mass is 10.1. The van der Waals surface area contributed by atoms with Crippen LogP contribution in [0.1, 0.15) is 40.0 Å². The van der Waals surface area contributed by atoms with Crippen molar-refractivity contribution in [2.75, 3.05) is 6.54 Å². The van der Waals surface area contributed by atoms with Gasteiger partial charge in [0.25, 0.3) is 0 Å². The topological polar surface area (TPSA) is 81.4 Å². The fourth-order valence-electron chi connectivity index (χ4n) is 1.30. The standard InChI is InChI=1S/C11H22N2O3/c1-8(2)16-11(15)10(13-9(3)14)6-4-5-7-12/h8,10H,4-7,12H2,1-3H3,(H,13,14)/t10-/m0/s1. The summed E-state index contributed by atoms with van der Waals surface area (Å²) in [6.07, 6.45) is 2.04. The van der Waals surface area contributed by atoms with Gasteiger partial charge in [-0.15, -0.1) is 0 Å². The number of ether oxygens (including phenoxy) is 1. The van der Waals surface area contributed by atoms with Crippen LogP contribution in [0.2, 0.25) is 0 Å². The highest BCUT2D eigenvalue weighted by molar-refractivity contribution is 5.83. The van der Waals surface area contributed by atoms with E-state index in [1.54, 1.807) is 13.8 Å². The first-order valence-electron chi connectivity index (χ1n) is 5.65. The van der Waals surface area contributed by atoms with Gasteiger partial charge < -0.3 is 15.8 Å². The number of unbranched alkanes of at least 4 members (excludes halogenated alkanes) is 1. The fourth-order valence-corrected chi connectivity index (χ4v) is 1.30. The third-order valence-electron chi connectivity index (χ3n) is 1.96. The van der Waals surface area contributed by atoms with E-state index in [4.69, 9.17) is 10.5 Å². The summed E-state index contributed by atoms with van der Waals surface area (Å²) in [4.78, 5) is 22.5. The zero-order valence-electron chi connectivity index (χ0n) is 10.3. The van der Waals surface area contributed by atoms with Gasteiger partial charge in [0.2, 0.25) is 5.91 Å². The summed E-state index contributed by atoms with van der Waals surface area (Å²) in [5.41, 5.74) is 5.37. The third kappa shape index (κ3) is 7.23. The molecule has 0 aromatic rings. The lowest BCUT2D eigenvalue weighted by Crippen LogP contribution is -2.41. The number of esters is 1. The highest BCUT2D eigenvalue weighted by atomic mass is 16.5. The van der Waals surface area contributed by atoms with Gasteiger partial charge in [-0.05, 0) is 39.7 Å². The molecule has 5 nitrogen and oxygen atoms in total. The van der Waals surface area contributed by atoms with E-state index in [2.05, 4.69) is 5.32 Å². The van der Waals surface area contributed by atoms with Gasteiger partial charge in [0.1, 0.15) is 6.04 Å². The number of hydrogen-bond acceptors (Lipinski definition) is 4. The Balaban J connectivity index is 4.17. The maximum atomic E-state index is 11.6. The van der Waals surface area contributed by atoms with Crippen LogP contribution in [0.25, 0.3) is 0 Å². The molecule has 0 aromatic heterocycles. The SMILES string of the molecule is CC(=O)N[C@@H](CCCCN)C(=O)OC(C)C. The Morgan fingerprint density at radius 1 is 1.31 bits per heavy atom. The smallest absolute Gasteiger partial charge is 0.328 e. The van der Waals surface area contributed by atoms with Crippen molar-refractivity contribution in [2.45, 2.75) is 52.2 Å². The molecule has 0 aliphatic heterocycles. The molecule has 1 atom stereocenters. The van der Waals surface area contributed by atoms with Gasteiger partial charge in [0.15, 0.2) is 0 Å². The molecule has 0 bridgehead atoms. The number of rotatable bonds is 7. The largest absolute Gasteiger partial charge is 0.461 e. The molecule has 0 saturated carbocycles. The maximum absolute atomic E-state index is 11.6. The van der Waals surface area contributed by atoms with Crippen molar-refractivity contribution in [1.82, 2.24) is 5.32 Å². The number of carbonyl (C=O) groups excluding carboxylic acids is 2. The van der Waals surface area contributed by atoms with E-state index in [1.807, 2.05) is 0 Å². The first-order chi connectivity index (χ1) is 7.47. The number of nitrogens with two attached hydrogens (primary N) is 1. The first kappa shape index (κ1) is 14.9. The van der Waals surface area contributed by atoms with Crippen molar-refractivity contribution in [2.24, 2.45) is 5.73 Å². The zero-order chi connectivity index (χ0) is 12.6. The molecule has 0 saturated heterocycles. The molecule has 5 heteroatoms. The van der Waals surface area contributed by atoms with E-state index >= 15 is 0 Å². The van der Waals surface area contributed by atoms with Gasteiger partial charge in [0.05, 0.1) is 6.10 Å². The Hall–Kier alpha value is -1.10. The second kappa shape index (κ2) is 8.10. The van der Waals surface area contributed by atoms with Crippen LogP contribution in [0, 0.1) is 0 Å². The molecule has 16 heavy (non-hydrogen) atoms. The van der Waals surface area contributed by atoms with Gasteiger partial charge in [-0.1, -0.05) is 0 Å². The lowest BCUT2D eigenvalue weighted by molar-refractivity contribution is -0.151. The minimum absolute atomic E-state index is 0.168. The monoisotopic (exact) mass is 230 g/mol. The summed E-state index contributed by atoms with van der Waals surface area (Å²) in [5.74, 6) is -0.597. The predicted octanol–water partition coefficient (Wildman–Crippen LogP) is 0.572. The highest BCUT2D eigenvalue weighted by Gasteiger charge is 2.21. The Morgan fingerprint density at radius 3 is 2.38 bits per heavy atom. The van der Waals surface area contributed by atoms with E-state index < -0.39 is 6.04 Å². The van der Waals surface area contributed by atoms with Crippen molar-refractivity contribution in [3.8, 4) is 0 Å². The third-order valence-corrected chi connectivity index (χ3v) is 1.96. The lowest BCUT2D eigenvalue weighted by Gasteiger charge is -2.18. The van der Waals surface area contributed by atoms with E-state index in [1.165, 1.54) is 6.92 Å². The van der Waals surface area contributed by atoms with Gasteiger partial charge in [-0.25, -0.2) is 4.79 Å². The van der Waals surface area contributed by atoms with E-state index in [-0.39, 0.29) is 18.0 Å². The average Bonchev–Trinajstić information content (AvgIpc) is 2.14. The number of hydrogen-bond donors (Lipinski definition) is 2. The molecule has 1 amide bonds. The van der Waals surface area contributed by atoms with E-state index in [0.717, 1.165) is 12.8 Å². The van der Waals surface area contributed by atoms with Crippen molar-refractivity contribution < 1.29 is 14.3 Å². The van der Waals surface area contributed by atoms with Crippen molar-refractivity contribution in [3.63, 3.8) is 0 Å². The predicted molar refractivity (Wildman–Crippen MR) is 61.7 cm³/mol. The van der Waals surface area contributed by atoms with E-state index in [9.17, 15) is 9.59 Å². The highest BCUT2D eigenvalue weighted by Crippen LogP contribution is 2.04. The summed E-state index contributed by atoms with van der Waals surface area (Å²) < 4.78 is 5.06. The molecule has 0 aromatic carbocycles. The molecule has 94 valence electrons. The minimum atomic E-state index is -0.550. The molecule has 0 radical (unpaired) electrons. The van der Waals surface area contributed by atoms with Crippen LogP contribution in [-0.4, -0.2) is 30.6 Å². The summed E-state index contributed by atoms with van der Waals surface area (Å²) in [5, 5.41) is 2.59. The molecule has 3 N–H and O–H groups in total. The van der Waals surface area contributed by atoms with Crippen LogP contribution in [-0.2, 0) is 14.3 Å². The van der Waals surface area contributed by atoms with Crippen molar-refractivity contribution in [3.05, 3.63) is 0 Å². The van der Waals surface area contributed by atoms with Crippen LogP contribution in [0.15, 0.2) is 0 Å².